The van der Waals surface area contributed by atoms with Gasteiger partial charge in [0.25, 0.3) is 0 Å². The highest BCUT2D eigenvalue weighted by Gasteiger charge is 2.16. The predicted octanol–water partition coefficient (Wildman–Crippen LogP) is 2.83. The first-order valence-corrected chi connectivity index (χ1v) is 5.34. The van der Waals surface area contributed by atoms with Crippen LogP contribution in [-0.4, -0.2) is 15.6 Å². The summed E-state index contributed by atoms with van der Waals surface area (Å²) in [4.78, 5) is 11.5. The van der Waals surface area contributed by atoms with Crippen LogP contribution in [0.15, 0.2) is 24.3 Å². The van der Waals surface area contributed by atoms with Gasteiger partial charge in [-0.15, -0.1) is 0 Å². The summed E-state index contributed by atoms with van der Waals surface area (Å²) in [5.41, 5.74) is 2.28. The van der Waals surface area contributed by atoms with E-state index in [9.17, 15) is 9.18 Å². The van der Waals surface area contributed by atoms with Gasteiger partial charge in [0.15, 0.2) is 5.78 Å². The van der Waals surface area contributed by atoms with E-state index in [1.807, 2.05) is 19.9 Å². The van der Waals surface area contributed by atoms with E-state index in [2.05, 4.69) is 5.10 Å². The van der Waals surface area contributed by atoms with Crippen LogP contribution >= 0.6 is 0 Å². The van der Waals surface area contributed by atoms with Crippen molar-refractivity contribution >= 4 is 5.78 Å². The van der Waals surface area contributed by atoms with Crippen LogP contribution < -0.4 is 0 Å². The van der Waals surface area contributed by atoms with Crippen LogP contribution in [0.3, 0.4) is 0 Å². The van der Waals surface area contributed by atoms with Gasteiger partial charge < -0.3 is 0 Å². The van der Waals surface area contributed by atoms with E-state index in [4.69, 9.17) is 0 Å². The first-order valence-electron chi connectivity index (χ1n) is 5.34. The molecule has 0 radical (unpaired) electrons. The van der Waals surface area contributed by atoms with E-state index >= 15 is 0 Å². The van der Waals surface area contributed by atoms with Crippen molar-refractivity contribution in [2.45, 2.75) is 20.8 Å². The van der Waals surface area contributed by atoms with Crippen LogP contribution in [0, 0.1) is 19.7 Å². The largest absolute Gasteiger partial charge is 0.294 e. The Kier molecular flexibility index (Phi) is 2.79. The van der Waals surface area contributed by atoms with Crippen molar-refractivity contribution in [2.24, 2.45) is 0 Å². The zero-order valence-corrected chi connectivity index (χ0v) is 9.99. The number of Topliss-reactive ketones (excluding diaryl/α,β-unsaturated/α-hetero) is 1. The molecule has 88 valence electrons. The Morgan fingerprint density at radius 3 is 2.59 bits per heavy atom. The quantitative estimate of drug-likeness (QED) is 0.746. The Labute approximate surface area is 98.9 Å². The summed E-state index contributed by atoms with van der Waals surface area (Å²) in [6.07, 6.45) is 0. The second kappa shape index (κ2) is 4.13. The molecule has 1 aromatic carbocycles. The van der Waals surface area contributed by atoms with Crippen molar-refractivity contribution in [1.82, 2.24) is 9.78 Å². The van der Waals surface area contributed by atoms with E-state index in [0.29, 0.717) is 5.69 Å². The third kappa shape index (κ3) is 1.98. The molecule has 0 amide bonds. The molecule has 4 heteroatoms. The summed E-state index contributed by atoms with van der Waals surface area (Å²) >= 11 is 0. The molecule has 0 N–H and O–H groups in total. The Morgan fingerprint density at radius 2 is 2.06 bits per heavy atom. The molecule has 17 heavy (non-hydrogen) atoms. The highest BCUT2D eigenvalue weighted by atomic mass is 19.1. The zero-order valence-electron chi connectivity index (χ0n) is 9.99. The maximum atomic E-state index is 13.7. The van der Waals surface area contributed by atoms with Crippen molar-refractivity contribution in [3.8, 4) is 5.69 Å². The van der Waals surface area contributed by atoms with Gasteiger partial charge in [-0.1, -0.05) is 6.07 Å². The first-order chi connectivity index (χ1) is 8.00. The number of hydrogen-bond donors (Lipinski definition) is 0. The molecular weight excluding hydrogens is 219 g/mol. The van der Waals surface area contributed by atoms with Crippen molar-refractivity contribution in [1.29, 1.82) is 0 Å². The van der Waals surface area contributed by atoms with Crippen molar-refractivity contribution in [2.75, 3.05) is 0 Å². The van der Waals surface area contributed by atoms with Crippen molar-refractivity contribution < 1.29 is 9.18 Å². The van der Waals surface area contributed by atoms with E-state index < -0.39 is 5.82 Å². The second-order valence-corrected chi connectivity index (χ2v) is 4.03. The van der Waals surface area contributed by atoms with Gasteiger partial charge in [0.05, 0.1) is 16.9 Å². The number of nitrogens with zero attached hydrogens (tertiary/aromatic N) is 2. The summed E-state index contributed by atoms with van der Waals surface area (Å²) in [6, 6.07) is 6.44. The molecular formula is C13H13FN2O. The van der Waals surface area contributed by atoms with Crippen LogP contribution in [-0.2, 0) is 0 Å². The van der Waals surface area contributed by atoms with Gasteiger partial charge in [0, 0.05) is 5.69 Å². The van der Waals surface area contributed by atoms with Crippen LogP contribution in [0.2, 0.25) is 0 Å². The lowest BCUT2D eigenvalue weighted by molar-refractivity contribution is 0.101. The minimum atomic E-state index is -0.512. The third-order valence-corrected chi connectivity index (χ3v) is 2.58. The molecule has 0 aliphatic carbocycles. The smallest absolute Gasteiger partial charge is 0.164 e. The van der Waals surface area contributed by atoms with E-state index in [1.54, 1.807) is 16.8 Å². The number of hydrogen-bond acceptors (Lipinski definition) is 2. The highest BCUT2D eigenvalue weighted by Crippen LogP contribution is 2.20. The summed E-state index contributed by atoms with van der Waals surface area (Å²) in [7, 11) is 0. The Morgan fingerprint density at radius 1 is 1.35 bits per heavy atom. The molecule has 0 unspecified atom stereocenters. The maximum absolute atomic E-state index is 13.7. The summed E-state index contributed by atoms with van der Waals surface area (Å²) in [6.45, 7) is 5.08. The van der Waals surface area contributed by atoms with Crippen LogP contribution in [0.1, 0.15) is 28.7 Å². The lowest BCUT2D eigenvalue weighted by Crippen LogP contribution is -2.08. The molecule has 2 aromatic rings. The molecule has 3 nitrogen and oxygen atoms in total. The van der Waals surface area contributed by atoms with Gasteiger partial charge in [-0.25, -0.2) is 9.07 Å². The minimum absolute atomic E-state index is 0.0821. The number of ketones is 1. The predicted molar refractivity (Wildman–Crippen MR) is 63.0 cm³/mol. The standard InChI is InChI=1S/C13H13FN2O/c1-8-7-9(2)16(15-8)12-6-4-5-11(14)13(12)10(3)17/h4-7H,1-3H3. The Balaban J connectivity index is 2.71. The van der Waals surface area contributed by atoms with E-state index in [0.717, 1.165) is 11.4 Å². The molecule has 0 fully saturated rings. The van der Waals surface area contributed by atoms with Gasteiger partial charge in [0.1, 0.15) is 5.82 Å². The maximum Gasteiger partial charge on any atom is 0.164 e. The topological polar surface area (TPSA) is 34.9 Å². The molecule has 0 aliphatic rings. The van der Waals surface area contributed by atoms with Crippen molar-refractivity contribution in [3.05, 3.63) is 47.0 Å². The molecule has 0 bridgehead atoms. The molecule has 0 saturated carbocycles. The lowest BCUT2D eigenvalue weighted by atomic mass is 10.1. The lowest BCUT2D eigenvalue weighted by Gasteiger charge is -2.09. The second-order valence-electron chi connectivity index (χ2n) is 4.03. The molecule has 0 aliphatic heterocycles. The average molecular weight is 232 g/mol. The fourth-order valence-electron chi connectivity index (χ4n) is 1.91. The monoisotopic (exact) mass is 232 g/mol. The Hall–Kier alpha value is -1.97. The Bertz CT molecular complexity index is 587. The third-order valence-electron chi connectivity index (χ3n) is 2.58. The molecule has 0 spiro atoms. The number of aryl methyl sites for hydroxylation is 2. The average Bonchev–Trinajstić information content (AvgIpc) is 2.56. The van der Waals surface area contributed by atoms with E-state index in [1.165, 1.54) is 13.0 Å². The van der Waals surface area contributed by atoms with Crippen LogP contribution in [0.4, 0.5) is 4.39 Å². The van der Waals surface area contributed by atoms with Gasteiger partial charge in [-0.05, 0) is 39.0 Å². The SMILES string of the molecule is CC(=O)c1c(F)cccc1-n1nc(C)cc1C. The van der Waals surface area contributed by atoms with Crippen molar-refractivity contribution in [3.63, 3.8) is 0 Å². The number of rotatable bonds is 2. The fourth-order valence-corrected chi connectivity index (χ4v) is 1.91. The van der Waals surface area contributed by atoms with Gasteiger partial charge in [-0.3, -0.25) is 4.79 Å². The summed E-state index contributed by atoms with van der Waals surface area (Å²) in [5.74, 6) is -0.812. The summed E-state index contributed by atoms with van der Waals surface area (Å²) in [5, 5.41) is 4.26. The first kappa shape index (κ1) is 11.5. The number of benzene rings is 1. The number of carbonyl (C=O) groups is 1. The van der Waals surface area contributed by atoms with Gasteiger partial charge in [0.2, 0.25) is 0 Å². The molecule has 0 saturated heterocycles. The number of halogens is 1. The highest BCUT2D eigenvalue weighted by molar-refractivity contribution is 5.97. The molecule has 1 aromatic heterocycles. The van der Waals surface area contributed by atoms with Gasteiger partial charge in [-0.2, -0.15) is 5.10 Å². The number of carbonyl (C=O) groups excluding carboxylic acids is 1. The van der Waals surface area contributed by atoms with Crippen LogP contribution in [0.25, 0.3) is 5.69 Å². The molecule has 1 heterocycles. The van der Waals surface area contributed by atoms with E-state index in [-0.39, 0.29) is 11.3 Å². The van der Waals surface area contributed by atoms with Gasteiger partial charge >= 0.3 is 0 Å². The fraction of sp³-hybridized carbons (Fsp3) is 0.231. The number of aromatic nitrogens is 2. The zero-order chi connectivity index (χ0) is 12.6. The normalized spacial score (nSPS) is 10.6. The summed E-state index contributed by atoms with van der Waals surface area (Å²) < 4.78 is 15.3. The molecule has 2 rings (SSSR count). The minimum Gasteiger partial charge on any atom is -0.294 e. The van der Waals surface area contributed by atoms with Crippen LogP contribution in [0.5, 0.6) is 0 Å². The molecule has 0 atom stereocenters.